The van der Waals surface area contributed by atoms with E-state index in [2.05, 4.69) is 4.72 Å². The zero-order valence-electron chi connectivity index (χ0n) is 7.29. The minimum atomic E-state index is -1.82. The molecule has 0 amide bonds. The van der Waals surface area contributed by atoms with E-state index < -0.39 is 11.3 Å². The minimum absolute atomic E-state index is 0.614. The van der Waals surface area contributed by atoms with Crippen molar-refractivity contribution in [1.29, 1.82) is 0 Å². The lowest BCUT2D eigenvalue weighted by molar-refractivity contribution is 0.447. The first kappa shape index (κ1) is 10.2. The number of rotatable bonds is 3. The first-order valence-electron chi connectivity index (χ1n) is 4.63. The van der Waals surface area contributed by atoms with Crippen LogP contribution in [0.4, 0.5) is 0 Å². The summed E-state index contributed by atoms with van der Waals surface area (Å²) in [5.41, 5.74) is 0. The quantitative estimate of drug-likeness (QED) is 0.527. The molecular formula is C8H17NO2S. The second-order valence-electron chi connectivity index (χ2n) is 3.46. The first-order chi connectivity index (χ1) is 5.79. The van der Waals surface area contributed by atoms with Gasteiger partial charge in [0.05, 0.1) is 0 Å². The van der Waals surface area contributed by atoms with Crippen LogP contribution in [0.15, 0.2) is 0 Å². The SMILES string of the molecule is O=S(O)NCC1CCCCCC1. The molecule has 0 radical (unpaired) electrons. The average molecular weight is 191 g/mol. The molecule has 1 atom stereocenters. The van der Waals surface area contributed by atoms with Gasteiger partial charge in [0.25, 0.3) is 0 Å². The van der Waals surface area contributed by atoms with Crippen LogP contribution in [0.2, 0.25) is 0 Å². The Morgan fingerprint density at radius 2 is 1.83 bits per heavy atom. The highest BCUT2D eigenvalue weighted by Crippen LogP contribution is 2.21. The summed E-state index contributed by atoms with van der Waals surface area (Å²) in [6, 6.07) is 0. The highest BCUT2D eigenvalue weighted by atomic mass is 32.2. The van der Waals surface area contributed by atoms with Gasteiger partial charge in [0.2, 0.25) is 11.3 Å². The van der Waals surface area contributed by atoms with Gasteiger partial charge < -0.3 is 0 Å². The molecule has 1 unspecified atom stereocenters. The topological polar surface area (TPSA) is 49.3 Å². The molecule has 0 aromatic rings. The van der Waals surface area contributed by atoms with E-state index in [9.17, 15) is 4.21 Å². The van der Waals surface area contributed by atoms with Gasteiger partial charge in [-0.1, -0.05) is 25.7 Å². The average Bonchev–Trinajstić information content (AvgIpc) is 2.28. The van der Waals surface area contributed by atoms with E-state index in [-0.39, 0.29) is 0 Å². The molecule has 0 heterocycles. The van der Waals surface area contributed by atoms with Gasteiger partial charge in [-0.15, -0.1) is 0 Å². The molecule has 12 heavy (non-hydrogen) atoms. The molecule has 0 aromatic carbocycles. The maximum Gasteiger partial charge on any atom is 0.231 e. The summed E-state index contributed by atoms with van der Waals surface area (Å²) >= 11 is -1.82. The van der Waals surface area contributed by atoms with E-state index in [1.165, 1.54) is 38.5 Å². The van der Waals surface area contributed by atoms with Crippen molar-refractivity contribution in [2.75, 3.05) is 6.54 Å². The van der Waals surface area contributed by atoms with E-state index in [0.717, 1.165) is 0 Å². The van der Waals surface area contributed by atoms with Crippen LogP contribution >= 0.6 is 0 Å². The molecule has 1 fully saturated rings. The van der Waals surface area contributed by atoms with Crippen molar-refractivity contribution in [3.8, 4) is 0 Å². The van der Waals surface area contributed by atoms with Crippen molar-refractivity contribution in [2.24, 2.45) is 5.92 Å². The van der Waals surface area contributed by atoms with Gasteiger partial charge in [-0.05, 0) is 18.8 Å². The zero-order chi connectivity index (χ0) is 8.81. The van der Waals surface area contributed by atoms with Crippen LogP contribution < -0.4 is 4.72 Å². The summed E-state index contributed by atoms with van der Waals surface area (Å²) in [6.45, 7) is 0.698. The summed E-state index contributed by atoms with van der Waals surface area (Å²) < 4.78 is 21.4. The van der Waals surface area contributed by atoms with Crippen LogP contribution in [0.1, 0.15) is 38.5 Å². The Hall–Kier alpha value is 0.0700. The van der Waals surface area contributed by atoms with Gasteiger partial charge in [0, 0.05) is 6.54 Å². The Kier molecular flexibility index (Phi) is 4.80. The fourth-order valence-electron chi connectivity index (χ4n) is 1.76. The smallest absolute Gasteiger partial charge is 0.231 e. The molecule has 0 bridgehead atoms. The van der Waals surface area contributed by atoms with Crippen molar-refractivity contribution in [1.82, 2.24) is 4.72 Å². The fourth-order valence-corrected chi connectivity index (χ4v) is 2.14. The summed E-state index contributed by atoms with van der Waals surface area (Å²) in [4.78, 5) is 0. The molecule has 1 aliphatic carbocycles. The molecule has 4 heteroatoms. The van der Waals surface area contributed by atoms with Crippen molar-refractivity contribution in [3.05, 3.63) is 0 Å². The van der Waals surface area contributed by atoms with Gasteiger partial charge in [-0.3, -0.25) is 4.55 Å². The lowest BCUT2D eigenvalue weighted by Crippen LogP contribution is -2.24. The summed E-state index contributed by atoms with van der Waals surface area (Å²) in [6.07, 6.45) is 7.65. The number of hydrogen-bond acceptors (Lipinski definition) is 1. The van der Waals surface area contributed by atoms with Crippen LogP contribution in [-0.2, 0) is 11.3 Å². The standard InChI is InChI=1S/C8H17NO2S/c10-12(11)9-7-8-5-3-1-2-4-6-8/h8-9H,1-7H2,(H,10,11). The molecule has 3 nitrogen and oxygen atoms in total. The van der Waals surface area contributed by atoms with E-state index in [1.807, 2.05) is 0 Å². The van der Waals surface area contributed by atoms with Gasteiger partial charge in [-0.2, -0.15) is 0 Å². The molecule has 1 rings (SSSR count). The van der Waals surface area contributed by atoms with Crippen LogP contribution in [0.3, 0.4) is 0 Å². The van der Waals surface area contributed by atoms with Crippen molar-refractivity contribution in [2.45, 2.75) is 38.5 Å². The van der Waals surface area contributed by atoms with E-state index in [1.54, 1.807) is 0 Å². The predicted molar refractivity (Wildman–Crippen MR) is 50.0 cm³/mol. The maximum atomic E-state index is 10.3. The van der Waals surface area contributed by atoms with Gasteiger partial charge in [-0.25, -0.2) is 8.93 Å². The molecule has 0 saturated heterocycles. The Bertz CT molecular complexity index is 144. The van der Waals surface area contributed by atoms with E-state index >= 15 is 0 Å². The summed E-state index contributed by atoms with van der Waals surface area (Å²) in [5.74, 6) is 0.614. The Labute approximate surface area is 76.4 Å². The van der Waals surface area contributed by atoms with Crippen LogP contribution in [0.25, 0.3) is 0 Å². The Morgan fingerprint density at radius 1 is 1.25 bits per heavy atom. The van der Waals surface area contributed by atoms with Crippen molar-refractivity contribution >= 4 is 11.3 Å². The van der Waals surface area contributed by atoms with E-state index in [4.69, 9.17) is 4.55 Å². The zero-order valence-corrected chi connectivity index (χ0v) is 8.11. The normalized spacial score (nSPS) is 23.4. The molecule has 0 aromatic heterocycles. The molecule has 0 aliphatic heterocycles. The van der Waals surface area contributed by atoms with Gasteiger partial charge in [0.15, 0.2) is 0 Å². The summed E-state index contributed by atoms with van der Waals surface area (Å²) in [7, 11) is 0. The molecule has 0 spiro atoms. The minimum Gasteiger partial charge on any atom is -0.294 e. The first-order valence-corrected chi connectivity index (χ1v) is 5.74. The highest BCUT2D eigenvalue weighted by Gasteiger charge is 2.12. The second-order valence-corrected chi connectivity index (χ2v) is 4.24. The van der Waals surface area contributed by atoms with Gasteiger partial charge >= 0.3 is 0 Å². The van der Waals surface area contributed by atoms with E-state index in [0.29, 0.717) is 12.5 Å². The molecule has 1 aliphatic rings. The Balaban J connectivity index is 2.16. The van der Waals surface area contributed by atoms with Crippen LogP contribution in [0.5, 0.6) is 0 Å². The highest BCUT2D eigenvalue weighted by molar-refractivity contribution is 7.77. The third-order valence-electron chi connectivity index (χ3n) is 2.47. The third kappa shape index (κ3) is 4.18. The third-order valence-corrected chi connectivity index (χ3v) is 2.88. The largest absolute Gasteiger partial charge is 0.294 e. The monoisotopic (exact) mass is 191 g/mol. The maximum absolute atomic E-state index is 10.3. The second kappa shape index (κ2) is 5.67. The lowest BCUT2D eigenvalue weighted by atomic mass is 10.0. The number of hydrogen-bond donors (Lipinski definition) is 2. The fraction of sp³-hybridized carbons (Fsp3) is 1.00. The van der Waals surface area contributed by atoms with Crippen LogP contribution in [0, 0.1) is 5.92 Å². The van der Waals surface area contributed by atoms with Gasteiger partial charge in [0.1, 0.15) is 0 Å². The van der Waals surface area contributed by atoms with Crippen LogP contribution in [-0.4, -0.2) is 15.3 Å². The van der Waals surface area contributed by atoms with Crippen molar-refractivity contribution < 1.29 is 8.76 Å². The molecule has 2 N–H and O–H groups in total. The number of nitrogens with one attached hydrogen (secondary N) is 1. The Morgan fingerprint density at radius 3 is 2.33 bits per heavy atom. The molecular weight excluding hydrogens is 174 g/mol. The lowest BCUT2D eigenvalue weighted by Gasteiger charge is -2.12. The molecule has 72 valence electrons. The van der Waals surface area contributed by atoms with Crippen molar-refractivity contribution in [3.63, 3.8) is 0 Å². The predicted octanol–water partition coefficient (Wildman–Crippen LogP) is 1.68. The molecule has 1 saturated carbocycles. The summed E-state index contributed by atoms with van der Waals surface area (Å²) in [5, 5.41) is 0.